The first-order valence-electron chi connectivity index (χ1n) is 28.1. The van der Waals surface area contributed by atoms with Crippen LogP contribution in [0, 0.1) is 0 Å². The third kappa shape index (κ3) is 7.17. The maximum Gasteiger partial charge on any atom is 0.270 e. The van der Waals surface area contributed by atoms with E-state index < -0.39 is 0 Å². The lowest BCUT2D eigenvalue weighted by Crippen LogP contribution is -2.58. The largest absolute Gasteiger partial charge is 0.458 e. The van der Waals surface area contributed by atoms with Gasteiger partial charge in [0.2, 0.25) is 0 Å². The standard InChI is InChI=1S/C72H64BN3OS2/c1-69(2,3)41-25-30-45(31-26-41)75-58-38-46(74-53-22-16-13-19-47(53)48-20-14-17-23-54(48)74)39-59-64(58)73(68-66(75)52-37-44(72(10,11)12)29-34-62(52)79-68)65-60(77-59)40-57(63-49-21-15-18-24-61(49)78-67(63)65)76-55-32-27-42(70(4,5)6)35-50(55)51-36-43(71(7,8)9)28-33-56(51)76/h13-40H,1-12H3. The van der Waals surface area contributed by atoms with Crippen LogP contribution in [0.15, 0.2) is 170 Å². The number of thiophene rings is 2. The highest BCUT2D eigenvalue weighted by molar-refractivity contribution is 7.35. The molecule has 0 radical (unpaired) electrons. The van der Waals surface area contributed by atoms with E-state index in [1.165, 1.54) is 118 Å². The van der Waals surface area contributed by atoms with Crippen LogP contribution in [0.5, 0.6) is 11.5 Å². The number of benzene rings is 9. The Bertz CT molecular complexity index is 4620. The summed E-state index contributed by atoms with van der Waals surface area (Å²) in [5.41, 5.74) is 18.2. The molecular formula is C72H64BN3OS2. The van der Waals surface area contributed by atoms with E-state index in [-0.39, 0.29) is 28.4 Å². The summed E-state index contributed by atoms with van der Waals surface area (Å²) in [6, 6.07) is 65.1. The lowest BCUT2D eigenvalue weighted by molar-refractivity contribution is 0.488. The van der Waals surface area contributed by atoms with E-state index in [9.17, 15) is 0 Å². The maximum atomic E-state index is 7.84. The lowest BCUT2D eigenvalue weighted by Gasteiger charge is -2.39. The number of fused-ring (bicyclic) bond motifs is 16. The third-order valence-corrected chi connectivity index (χ3v) is 19.8. The van der Waals surface area contributed by atoms with Crippen molar-refractivity contribution in [2.24, 2.45) is 0 Å². The molecule has 0 amide bonds. The molecule has 0 spiro atoms. The predicted molar refractivity (Wildman–Crippen MR) is 344 cm³/mol. The average Bonchev–Trinajstić information content (AvgIpc) is 4.10. The normalized spacial score (nSPS) is 13.9. The highest BCUT2D eigenvalue weighted by Gasteiger charge is 2.46. The fourth-order valence-electron chi connectivity index (χ4n) is 13.1. The fourth-order valence-corrected chi connectivity index (χ4v) is 15.7. The molecule has 15 rings (SSSR count). The molecule has 4 aromatic heterocycles. The summed E-state index contributed by atoms with van der Waals surface area (Å²) in [5, 5.41) is 8.84. The van der Waals surface area contributed by atoms with Gasteiger partial charge < -0.3 is 18.8 Å². The van der Waals surface area contributed by atoms with Gasteiger partial charge in [-0.3, -0.25) is 0 Å². The van der Waals surface area contributed by atoms with Crippen LogP contribution in [0.4, 0.5) is 17.1 Å². The first-order chi connectivity index (χ1) is 37.7. The number of para-hydroxylation sites is 2. The Labute approximate surface area is 471 Å². The van der Waals surface area contributed by atoms with E-state index in [1.807, 2.05) is 22.7 Å². The van der Waals surface area contributed by atoms with Gasteiger partial charge in [0, 0.05) is 80.1 Å². The van der Waals surface area contributed by atoms with Crippen molar-refractivity contribution in [3.63, 3.8) is 0 Å². The number of anilines is 3. The van der Waals surface area contributed by atoms with Gasteiger partial charge in [0.1, 0.15) is 11.5 Å². The zero-order valence-electron chi connectivity index (χ0n) is 47.3. The minimum atomic E-state index is -0.122. The van der Waals surface area contributed by atoms with Crippen LogP contribution in [0.1, 0.15) is 105 Å². The van der Waals surface area contributed by atoms with Crippen molar-refractivity contribution < 1.29 is 4.74 Å². The van der Waals surface area contributed by atoms with Gasteiger partial charge in [-0.25, -0.2) is 0 Å². The van der Waals surface area contributed by atoms with Gasteiger partial charge >= 0.3 is 0 Å². The molecule has 0 aliphatic carbocycles. The van der Waals surface area contributed by atoms with Crippen LogP contribution in [0.3, 0.4) is 0 Å². The number of aromatic nitrogens is 2. The molecule has 7 heteroatoms. The molecule has 0 atom stereocenters. The summed E-state index contributed by atoms with van der Waals surface area (Å²) >= 11 is 3.88. The Hall–Kier alpha value is -7.58. The molecule has 9 aromatic carbocycles. The van der Waals surface area contributed by atoms with Crippen LogP contribution in [-0.4, -0.2) is 15.8 Å². The van der Waals surface area contributed by atoms with Gasteiger partial charge in [-0.1, -0.05) is 168 Å². The van der Waals surface area contributed by atoms with Crippen molar-refractivity contribution in [2.45, 2.75) is 105 Å². The number of ether oxygens (including phenoxy) is 1. The molecule has 2 aliphatic heterocycles. The molecule has 0 saturated carbocycles. The summed E-state index contributed by atoms with van der Waals surface area (Å²) in [6.45, 7) is 27.7. The van der Waals surface area contributed by atoms with Crippen molar-refractivity contribution in [3.8, 4) is 22.9 Å². The van der Waals surface area contributed by atoms with E-state index in [1.54, 1.807) is 0 Å². The second kappa shape index (κ2) is 16.5. The monoisotopic (exact) mass is 1060 g/mol. The highest BCUT2D eigenvalue weighted by Crippen LogP contribution is 2.51. The van der Waals surface area contributed by atoms with Gasteiger partial charge in [-0.15, -0.1) is 22.7 Å². The van der Waals surface area contributed by atoms with Crippen molar-refractivity contribution in [1.29, 1.82) is 0 Å². The molecule has 0 unspecified atom stereocenters. The van der Waals surface area contributed by atoms with Crippen LogP contribution >= 0.6 is 22.7 Å². The molecular weight excluding hydrogens is 998 g/mol. The number of hydrogen-bond donors (Lipinski definition) is 0. The third-order valence-electron chi connectivity index (χ3n) is 17.4. The Morgan fingerprint density at radius 3 is 1.47 bits per heavy atom. The molecule has 6 heterocycles. The zero-order chi connectivity index (χ0) is 54.4. The van der Waals surface area contributed by atoms with E-state index in [0.29, 0.717) is 0 Å². The molecule has 4 nitrogen and oxygen atoms in total. The van der Waals surface area contributed by atoms with Crippen LogP contribution < -0.4 is 25.3 Å². The van der Waals surface area contributed by atoms with Crippen molar-refractivity contribution in [1.82, 2.24) is 9.13 Å². The van der Waals surface area contributed by atoms with Crippen molar-refractivity contribution in [3.05, 3.63) is 192 Å². The first-order valence-corrected chi connectivity index (χ1v) is 29.7. The smallest absolute Gasteiger partial charge is 0.270 e. The quantitative estimate of drug-likeness (QED) is 0.165. The lowest BCUT2D eigenvalue weighted by atomic mass is 9.37. The molecule has 0 fully saturated rings. The molecule has 0 N–H and O–H groups in total. The van der Waals surface area contributed by atoms with Gasteiger partial charge in [0.05, 0.1) is 39.1 Å². The Morgan fingerprint density at radius 2 is 0.873 bits per heavy atom. The second-order valence-electron chi connectivity index (χ2n) is 26.6. The summed E-state index contributed by atoms with van der Waals surface area (Å²) in [7, 11) is 0. The topological polar surface area (TPSA) is 22.3 Å². The summed E-state index contributed by atoms with van der Waals surface area (Å²) < 4.78 is 18.0. The van der Waals surface area contributed by atoms with Crippen LogP contribution in [0.25, 0.3) is 85.2 Å². The zero-order valence-corrected chi connectivity index (χ0v) is 48.9. The summed E-state index contributed by atoms with van der Waals surface area (Å²) in [6.07, 6.45) is 0. The molecule has 13 aromatic rings. The minimum absolute atomic E-state index is 0.00102. The van der Waals surface area contributed by atoms with E-state index in [0.717, 1.165) is 34.2 Å². The summed E-state index contributed by atoms with van der Waals surface area (Å²) in [4.78, 5) is 2.60. The first kappa shape index (κ1) is 48.5. The predicted octanol–water partition coefficient (Wildman–Crippen LogP) is 19.1. The molecule has 0 saturated heterocycles. The maximum absolute atomic E-state index is 7.84. The number of nitrogens with zero attached hydrogens (tertiary/aromatic N) is 3. The number of rotatable bonds is 3. The molecule has 388 valence electrons. The highest BCUT2D eigenvalue weighted by atomic mass is 32.1. The Balaban J connectivity index is 1.09. The Morgan fingerprint density at radius 1 is 0.380 bits per heavy atom. The molecule has 79 heavy (non-hydrogen) atoms. The molecule has 0 bridgehead atoms. The molecule has 2 aliphatic rings. The minimum Gasteiger partial charge on any atom is -0.458 e. The van der Waals surface area contributed by atoms with Crippen molar-refractivity contribution in [2.75, 3.05) is 4.90 Å². The van der Waals surface area contributed by atoms with Gasteiger partial charge in [-0.2, -0.15) is 0 Å². The average molecular weight is 1060 g/mol. The van der Waals surface area contributed by atoms with Gasteiger partial charge in [0.25, 0.3) is 6.71 Å². The van der Waals surface area contributed by atoms with E-state index in [4.69, 9.17) is 4.74 Å². The number of hydrogen-bond acceptors (Lipinski definition) is 4. The van der Waals surface area contributed by atoms with Gasteiger partial charge in [-0.05, 0) is 128 Å². The summed E-state index contributed by atoms with van der Waals surface area (Å²) in [5.74, 6) is 1.80. The van der Waals surface area contributed by atoms with Crippen molar-refractivity contribution >= 4 is 136 Å². The van der Waals surface area contributed by atoms with E-state index in [2.05, 4.69) is 267 Å². The van der Waals surface area contributed by atoms with E-state index >= 15 is 0 Å². The SMILES string of the molecule is CC(C)(C)c1ccc(N2c3cc(-n4c5ccccc5c5ccccc54)cc4c3B(c3sc5ccc(C(C)(C)C)cc5c32)c2c(cc(-n3c5ccc(C(C)(C)C)cc5c5cc(C(C)(C)C)ccc53)c3c2sc2ccccc23)O4)cc1. The fraction of sp³-hybridized carbons (Fsp3) is 0.222. The van der Waals surface area contributed by atoms with Gasteiger partial charge in [0.15, 0.2) is 0 Å². The second-order valence-corrected chi connectivity index (χ2v) is 28.7. The Kier molecular flexibility index (Phi) is 10.1. The van der Waals surface area contributed by atoms with Crippen LogP contribution in [0.2, 0.25) is 0 Å². The van der Waals surface area contributed by atoms with Crippen LogP contribution in [-0.2, 0) is 21.7 Å².